The van der Waals surface area contributed by atoms with E-state index in [2.05, 4.69) is 39.3 Å². The molecule has 2 aliphatic rings. The van der Waals surface area contributed by atoms with Crippen molar-refractivity contribution < 1.29 is 9.32 Å². The Morgan fingerprint density at radius 3 is 3.00 bits per heavy atom. The topological polar surface area (TPSA) is 62.5 Å². The number of benzene rings is 1. The molecule has 1 amide bonds. The van der Waals surface area contributed by atoms with Crippen molar-refractivity contribution >= 4 is 5.91 Å². The number of nitrogens with zero attached hydrogens (tertiary/aromatic N) is 4. The fourth-order valence-electron chi connectivity index (χ4n) is 3.62. The zero-order valence-electron chi connectivity index (χ0n) is 13.2. The van der Waals surface area contributed by atoms with Crippen molar-refractivity contribution in [3.05, 3.63) is 47.1 Å². The normalized spacial score (nSPS) is 20.9. The molecule has 2 aromatic rings. The van der Waals surface area contributed by atoms with Crippen LogP contribution in [0, 0.1) is 6.92 Å². The molecule has 0 spiro atoms. The van der Waals surface area contributed by atoms with Crippen LogP contribution in [0.15, 0.2) is 28.8 Å². The quantitative estimate of drug-likeness (QED) is 0.838. The molecule has 0 aliphatic carbocycles. The molecule has 1 atom stereocenters. The van der Waals surface area contributed by atoms with Gasteiger partial charge < -0.3 is 9.42 Å². The first-order chi connectivity index (χ1) is 11.2. The number of hydrogen-bond acceptors (Lipinski definition) is 5. The van der Waals surface area contributed by atoms with Gasteiger partial charge in [0.2, 0.25) is 11.8 Å². The summed E-state index contributed by atoms with van der Waals surface area (Å²) in [5.74, 6) is 1.05. The van der Waals surface area contributed by atoms with E-state index >= 15 is 0 Å². The maximum atomic E-state index is 12.5. The second-order valence-corrected chi connectivity index (χ2v) is 6.25. The minimum atomic E-state index is 0.0773. The number of fused-ring (bicyclic) bond motifs is 3. The molecule has 2 aliphatic heterocycles. The lowest BCUT2D eigenvalue weighted by molar-refractivity contribution is -0.133. The fourth-order valence-corrected chi connectivity index (χ4v) is 3.62. The summed E-state index contributed by atoms with van der Waals surface area (Å²) < 4.78 is 4.94. The maximum Gasteiger partial charge on any atom is 0.230 e. The van der Waals surface area contributed by atoms with Gasteiger partial charge in [0.15, 0.2) is 5.82 Å². The lowest BCUT2D eigenvalue weighted by Gasteiger charge is -2.44. The highest BCUT2D eigenvalue weighted by molar-refractivity contribution is 5.78. The van der Waals surface area contributed by atoms with Crippen LogP contribution in [0.3, 0.4) is 0 Å². The number of carbonyl (C=O) groups excluding carboxylic acids is 1. The average Bonchev–Trinajstić information content (AvgIpc) is 2.99. The molecule has 1 unspecified atom stereocenters. The van der Waals surface area contributed by atoms with Gasteiger partial charge in [0.25, 0.3) is 0 Å². The SMILES string of the molecule is Cc1nc(CC(=O)N2CCN3CCc4ccccc4C3C2)no1. The van der Waals surface area contributed by atoms with Gasteiger partial charge in [-0.3, -0.25) is 9.69 Å². The van der Waals surface area contributed by atoms with Gasteiger partial charge in [-0.1, -0.05) is 29.4 Å². The van der Waals surface area contributed by atoms with Gasteiger partial charge in [-0.15, -0.1) is 0 Å². The Kier molecular flexibility index (Phi) is 3.61. The molecule has 0 bridgehead atoms. The summed E-state index contributed by atoms with van der Waals surface area (Å²) in [5, 5.41) is 3.82. The van der Waals surface area contributed by atoms with Crippen LogP contribution in [0.4, 0.5) is 0 Å². The van der Waals surface area contributed by atoms with Crippen LogP contribution in [-0.4, -0.2) is 52.0 Å². The first-order valence-corrected chi connectivity index (χ1v) is 8.09. The van der Waals surface area contributed by atoms with Gasteiger partial charge in [-0.2, -0.15) is 4.98 Å². The molecule has 1 saturated heterocycles. The molecule has 0 N–H and O–H groups in total. The molecule has 23 heavy (non-hydrogen) atoms. The molecule has 1 fully saturated rings. The van der Waals surface area contributed by atoms with Crippen LogP contribution in [0.2, 0.25) is 0 Å². The predicted molar refractivity (Wildman–Crippen MR) is 83.8 cm³/mol. The van der Waals surface area contributed by atoms with Gasteiger partial charge in [-0.25, -0.2) is 0 Å². The summed E-state index contributed by atoms with van der Waals surface area (Å²) in [6.45, 7) is 5.25. The number of hydrogen-bond donors (Lipinski definition) is 0. The third kappa shape index (κ3) is 2.74. The van der Waals surface area contributed by atoms with Crippen molar-refractivity contribution in [1.29, 1.82) is 0 Å². The number of carbonyl (C=O) groups is 1. The van der Waals surface area contributed by atoms with Gasteiger partial charge in [-0.05, 0) is 17.5 Å². The molecule has 6 nitrogen and oxygen atoms in total. The van der Waals surface area contributed by atoms with Gasteiger partial charge in [0.05, 0.1) is 12.5 Å². The Hall–Kier alpha value is -2.21. The van der Waals surface area contributed by atoms with Gasteiger partial charge in [0, 0.05) is 33.1 Å². The summed E-state index contributed by atoms with van der Waals surface area (Å²) >= 11 is 0. The van der Waals surface area contributed by atoms with Gasteiger partial charge in [0.1, 0.15) is 0 Å². The standard InChI is InChI=1S/C17H20N4O2/c1-12-18-16(19-23-12)10-17(22)21-9-8-20-7-6-13-4-2-3-5-14(13)15(20)11-21/h2-5,15H,6-11H2,1H3. The van der Waals surface area contributed by atoms with E-state index < -0.39 is 0 Å². The van der Waals surface area contributed by atoms with E-state index in [4.69, 9.17) is 4.52 Å². The fraction of sp³-hybridized carbons (Fsp3) is 0.471. The molecule has 6 heteroatoms. The molecule has 0 saturated carbocycles. The molecule has 1 aromatic heterocycles. The zero-order chi connectivity index (χ0) is 15.8. The highest BCUT2D eigenvalue weighted by atomic mass is 16.5. The summed E-state index contributed by atoms with van der Waals surface area (Å²) in [5.41, 5.74) is 2.78. The van der Waals surface area contributed by atoms with E-state index in [9.17, 15) is 4.79 Å². The largest absolute Gasteiger partial charge is 0.340 e. The number of aromatic nitrogens is 2. The minimum Gasteiger partial charge on any atom is -0.340 e. The lowest BCUT2D eigenvalue weighted by Crippen LogP contribution is -2.52. The number of amides is 1. The Labute approximate surface area is 135 Å². The number of piperazine rings is 1. The molecule has 1 aromatic carbocycles. The lowest BCUT2D eigenvalue weighted by atomic mass is 9.91. The van der Waals surface area contributed by atoms with Crippen molar-refractivity contribution in [2.24, 2.45) is 0 Å². The monoisotopic (exact) mass is 312 g/mol. The summed E-state index contributed by atoms with van der Waals surface area (Å²) in [6, 6.07) is 8.90. The van der Waals surface area contributed by atoms with Crippen LogP contribution in [0.1, 0.15) is 28.9 Å². The van der Waals surface area contributed by atoms with Crippen LogP contribution in [0.5, 0.6) is 0 Å². The molecule has 120 valence electrons. The van der Waals surface area contributed by atoms with E-state index in [-0.39, 0.29) is 12.3 Å². The molecule has 0 radical (unpaired) electrons. The van der Waals surface area contributed by atoms with Crippen molar-refractivity contribution in [1.82, 2.24) is 19.9 Å². The van der Waals surface area contributed by atoms with Crippen LogP contribution >= 0.6 is 0 Å². The number of rotatable bonds is 2. The van der Waals surface area contributed by atoms with Crippen molar-refractivity contribution in [2.45, 2.75) is 25.8 Å². The first kappa shape index (κ1) is 14.4. The Bertz CT molecular complexity index is 727. The van der Waals surface area contributed by atoms with Crippen molar-refractivity contribution in [3.8, 4) is 0 Å². The van der Waals surface area contributed by atoms with E-state index in [0.717, 1.165) is 32.6 Å². The van der Waals surface area contributed by atoms with Crippen LogP contribution in [-0.2, 0) is 17.6 Å². The van der Waals surface area contributed by atoms with Gasteiger partial charge >= 0.3 is 0 Å². The third-order valence-corrected chi connectivity index (χ3v) is 4.81. The predicted octanol–water partition coefficient (Wildman–Crippen LogP) is 1.36. The highest BCUT2D eigenvalue weighted by Crippen LogP contribution is 2.32. The molecule has 4 rings (SSSR count). The Balaban J connectivity index is 1.50. The van der Waals surface area contributed by atoms with Crippen molar-refractivity contribution in [3.63, 3.8) is 0 Å². The van der Waals surface area contributed by atoms with Crippen LogP contribution < -0.4 is 0 Å². The Morgan fingerprint density at radius 1 is 1.30 bits per heavy atom. The smallest absolute Gasteiger partial charge is 0.230 e. The molecular formula is C17H20N4O2. The second kappa shape index (κ2) is 5.77. The Morgan fingerprint density at radius 2 is 2.17 bits per heavy atom. The van der Waals surface area contributed by atoms with E-state index in [0.29, 0.717) is 17.8 Å². The van der Waals surface area contributed by atoms with Crippen LogP contribution in [0.25, 0.3) is 0 Å². The summed E-state index contributed by atoms with van der Waals surface area (Å²) in [6.07, 6.45) is 1.31. The van der Waals surface area contributed by atoms with E-state index in [1.165, 1.54) is 11.1 Å². The number of aryl methyl sites for hydroxylation is 1. The van der Waals surface area contributed by atoms with E-state index in [1.807, 2.05) is 4.90 Å². The highest BCUT2D eigenvalue weighted by Gasteiger charge is 2.34. The zero-order valence-corrected chi connectivity index (χ0v) is 13.2. The molecule has 3 heterocycles. The summed E-state index contributed by atoms with van der Waals surface area (Å²) in [4.78, 5) is 21.1. The molecular weight excluding hydrogens is 292 g/mol. The van der Waals surface area contributed by atoms with E-state index in [1.54, 1.807) is 6.92 Å². The third-order valence-electron chi connectivity index (χ3n) is 4.81. The second-order valence-electron chi connectivity index (χ2n) is 6.25. The average molecular weight is 312 g/mol. The van der Waals surface area contributed by atoms with Crippen molar-refractivity contribution in [2.75, 3.05) is 26.2 Å². The minimum absolute atomic E-state index is 0.0773. The maximum absolute atomic E-state index is 12.5. The first-order valence-electron chi connectivity index (χ1n) is 8.09. The summed E-state index contributed by atoms with van der Waals surface area (Å²) in [7, 11) is 0.